The fraction of sp³-hybridized carbons (Fsp3) is 0.273. The average molecular weight is 643 g/mol. The van der Waals surface area contributed by atoms with Crippen LogP contribution in [0.1, 0.15) is 48.4 Å². The molecule has 240 valence electrons. The summed E-state index contributed by atoms with van der Waals surface area (Å²) in [4.78, 5) is 0. The number of halogens is 9. The minimum atomic E-state index is -4.29. The Morgan fingerprint density at radius 3 is 1.71 bits per heavy atom. The van der Waals surface area contributed by atoms with Gasteiger partial charge in [0.05, 0.1) is 17.5 Å². The smallest absolute Gasteiger partial charge is 0.429 e. The van der Waals surface area contributed by atoms with Crippen LogP contribution in [-0.4, -0.2) is 6.11 Å². The second-order valence-corrected chi connectivity index (χ2v) is 10.1. The fourth-order valence-corrected chi connectivity index (χ4v) is 4.24. The summed E-state index contributed by atoms with van der Waals surface area (Å²) in [5, 5.41) is 0. The summed E-state index contributed by atoms with van der Waals surface area (Å²) >= 11 is 0. The summed E-state index contributed by atoms with van der Waals surface area (Å²) in [7, 11) is 0. The van der Waals surface area contributed by atoms with Gasteiger partial charge in [-0.1, -0.05) is 31.5 Å². The van der Waals surface area contributed by atoms with Gasteiger partial charge in [-0.25, -0.2) is 13.2 Å². The van der Waals surface area contributed by atoms with Gasteiger partial charge in [0.25, 0.3) is 0 Å². The molecule has 0 saturated carbocycles. The number of aryl methyl sites for hydroxylation is 2. The number of hydrogen-bond acceptors (Lipinski definition) is 3. The lowest BCUT2D eigenvalue weighted by Crippen LogP contribution is -2.26. The molecule has 4 aromatic carbocycles. The van der Waals surface area contributed by atoms with E-state index in [9.17, 15) is 39.5 Å². The molecule has 0 aliphatic heterocycles. The molecule has 0 aliphatic rings. The van der Waals surface area contributed by atoms with Crippen molar-refractivity contribution in [2.24, 2.45) is 0 Å². The highest BCUT2D eigenvalue weighted by atomic mass is 19.3. The van der Waals surface area contributed by atoms with Crippen LogP contribution in [0.3, 0.4) is 0 Å². The second kappa shape index (κ2) is 13.7. The van der Waals surface area contributed by atoms with E-state index in [0.717, 1.165) is 61.2 Å². The van der Waals surface area contributed by atoms with Crippen LogP contribution in [0.5, 0.6) is 17.2 Å². The zero-order valence-electron chi connectivity index (χ0n) is 23.7. The quantitative estimate of drug-likeness (QED) is 0.128. The molecule has 0 radical (unpaired) electrons. The lowest BCUT2D eigenvalue weighted by Gasteiger charge is -2.21. The number of rotatable bonds is 14. The third-order valence-electron chi connectivity index (χ3n) is 6.63. The van der Waals surface area contributed by atoms with Gasteiger partial charge in [-0.05, 0) is 91.1 Å². The maximum Gasteiger partial charge on any atom is 0.429 e. The van der Waals surface area contributed by atoms with Gasteiger partial charge in [-0.2, -0.15) is 26.3 Å². The van der Waals surface area contributed by atoms with Crippen LogP contribution in [0, 0.1) is 17.5 Å². The van der Waals surface area contributed by atoms with Crippen LogP contribution in [0.15, 0.2) is 84.9 Å². The van der Waals surface area contributed by atoms with Crippen LogP contribution in [-0.2, 0) is 25.1 Å². The summed E-state index contributed by atoms with van der Waals surface area (Å²) in [5.41, 5.74) is -0.795. The van der Waals surface area contributed by atoms with Gasteiger partial charge in [-0.3, -0.25) is 0 Å². The van der Waals surface area contributed by atoms with Crippen LogP contribution >= 0.6 is 0 Å². The fourth-order valence-electron chi connectivity index (χ4n) is 4.24. The average Bonchev–Trinajstić information content (AvgIpc) is 2.98. The highest BCUT2D eigenvalue weighted by Crippen LogP contribution is 2.36. The molecule has 12 heteroatoms. The number of benzene rings is 4. The van der Waals surface area contributed by atoms with Crippen LogP contribution in [0.25, 0.3) is 0 Å². The van der Waals surface area contributed by atoms with Crippen molar-refractivity contribution in [3.05, 3.63) is 125 Å². The molecule has 0 amide bonds. The second-order valence-electron chi connectivity index (χ2n) is 10.1. The third kappa shape index (κ3) is 9.09. The molecule has 0 heterocycles. The molecular formula is C33H27F9O3. The highest BCUT2D eigenvalue weighted by Gasteiger charge is 2.39. The molecule has 0 spiro atoms. The van der Waals surface area contributed by atoms with Crippen molar-refractivity contribution in [2.75, 3.05) is 0 Å². The van der Waals surface area contributed by atoms with E-state index >= 15 is 0 Å². The van der Waals surface area contributed by atoms with E-state index in [1.54, 1.807) is 12.1 Å². The Bertz CT molecular complexity index is 1570. The molecule has 0 aromatic heterocycles. The Morgan fingerprint density at radius 1 is 0.533 bits per heavy atom. The maximum atomic E-state index is 14.6. The minimum absolute atomic E-state index is 0.0764. The van der Waals surface area contributed by atoms with Gasteiger partial charge in [0.15, 0.2) is 11.6 Å². The van der Waals surface area contributed by atoms with E-state index in [-0.39, 0.29) is 22.6 Å². The maximum absolute atomic E-state index is 14.6. The first-order valence-electron chi connectivity index (χ1n) is 13.8. The summed E-state index contributed by atoms with van der Waals surface area (Å²) < 4.78 is 142. The highest BCUT2D eigenvalue weighted by molar-refractivity contribution is 5.33. The largest absolute Gasteiger partial charge is 0.433 e. The Morgan fingerprint density at radius 2 is 1.11 bits per heavy atom. The minimum Gasteiger partial charge on any atom is -0.433 e. The molecule has 4 rings (SSSR count). The molecule has 45 heavy (non-hydrogen) atoms. The lowest BCUT2D eigenvalue weighted by molar-refractivity contribution is -0.187. The summed E-state index contributed by atoms with van der Waals surface area (Å²) in [6, 6.07) is 13.6. The van der Waals surface area contributed by atoms with Crippen molar-refractivity contribution in [3.8, 4) is 17.2 Å². The van der Waals surface area contributed by atoms with Crippen LogP contribution < -0.4 is 14.2 Å². The monoisotopic (exact) mass is 642 g/mol. The van der Waals surface area contributed by atoms with Crippen molar-refractivity contribution in [2.45, 2.75) is 57.4 Å². The molecule has 0 fully saturated rings. The van der Waals surface area contributed by atoms with E-state index in [1.165, 1.54) is 12.1 Å². The van der Waals surface area contributed by atoms with Gasteiger partial charge in [0.2, 0.25) is 0 Å². The first kappa shape index (κ1) is 33.5. The summed E-state index contributed by atoms with van der Waals surface area (Å²) in [5.74, 6) is -5.66. The van der Waals surface area contributed by atoms with E-state index in [1.807, 2.05) is 6.92 Å². The first-order chi connectivity index (χ1) is 21.2. The van der Waals surface area contributed by atoms with Crippen molar-refractivity contribution in [1.29, 1.82) is 0 Å². The Kier molecular flexibility index (Phi) is 10.2. The van der Waals surface area contributed by atoms with Gasteiger partial charge >= 0.3 is 18.3 Å². The topological polar surface area (TPSA) is 27.7 Å². The Labute approximate surface area is 253 Å². The Hall–Kier alpha value is -4.35. The zero-order chi connectivity index (χ0) is 32.8. The standard InChI is InChI=1S/C33H27F9O3/c1-2-3-4-21-5-8-23(9-6-21)32(39,40)44-25-12-10-24(11-13-25)43-31(37,38)18-17-22-7-15-27(29(35)19-22)33(41,42)45-26-14-16-28(34)30(36)20-26/h5-16,19-20H,2-4,17-18H2,1H3. The number of unbranched alkanes of at least 4 members (excludes halogenated alkanes) is 1. The molecule has 0 N–H and O–H groups in total. The molecule has 0 aliphatic carbocycles. The van der Waals surface area contributed by atoms with E-state index in [0.29, 0.717) is 24.3 Å². The normalized spacial score (nSPS) is 12.2. The number of alkyl halides is 6. The molecule has 0 atom stereocenters. The van der Waals surface area contributed by atoms with Gasteiger partial charge in [0, 0.05) is 6.07 Å². The van der Waals surface area contributed by atoms with Crippen LogP contribution in [0.2, 0.25) is 0 Å². The molecule has 3 nitrogen and oxygen atoms in total. The zero-order valence-corrected chi connectivity index (χ0v) is 23.7. The summed E-state index contributed by atoms with van der Waals surface area (Å²) in [6.07, 6.45) is -10.6. The van der Waals surface area contributed by atoms with E-state index in [2.05, 4.69) is 9.47 Å². The van der Waals surface area contributed by atoms with Crippen molar-refractivity contribution in [3.63, 3.8) is 0 Å². The van der Waals surface area contributed by atoms with Gasteiger partial charge < -0.3 is 14.2 Å². The third-order valence-corrected chi connectivity index (χ3v) is 6.63. The first-order valence-corrected chi connectivity index (χ1v) is 13.8. The molecule has 4 aromatic rings. The predicted octanol–water partition coefficient (Wildman–Crippen LogP) is 10.3. The van der Waals surface area contributed by atoms with Crippen LogP contribution in [0.4, 0.5) is 39.5 Å². The lowest BCUT2D eigenvalue weighted by atomic mass is 10.1. The summed E-state index contributed by atoms with van der Waals surface area (Å²) in [6.45, 7) is 2.02. The predicted molar refractivity (Wildman–Crippen MR) is 147 cm³/mol. The van der Waals surface area contributed by atoms with Crippen molar-refractivity contribution >= 4 is 0 Å². The number of hydrogen-bond donors (Lipinski definition) is 0. The van der Waals surface area contributed by atoms with Crippen molar-refractivity contribution < 1.29 is 53.7 Å². The van der Waals surface area contributed by atoms with E-state index in [4.69, 9.17) is 4.74 Å². The SMILES string of the molecule is CCCCc1ccc(C(F)(F)Oc2ccc(OC(F)(F)CCc3ccc(C(F)(F)Oc4ccc(F)c(F)c4)c(F)c3)cc2)cc1. The molecule has 0 unspecified atom stereocenters. The van der Waals surface area contributed by atoms with E-state index < -0.39 is 59.9 Å². The molecular weight excluding hydrogens is 615 g/mol. The molecule has 0 bridgehead atoms. The van der Waals surface area contributed by atoms with Crippen molar-refractivity contribution in [1.82, 2.24) is 0 Å². The molecule has 0 saturated heterocycles. The Balaban J connectivity index is 1.32. The van der Waals surface area contributed by atoms with Gasteiger partial charge in [0.1, 0.15) is 23.1 Å². The number of ether oxygens (including phenoxy) is 3. The van der Waals surface area contributed by atoms with Gasteiger partial charge in [-0.15, -0.1) is 0 Å².